The van der Waals surface area contributed by atoms with Gasteiger partial charge in [-0.2, -0.15) is 0 Å². The molecule has 0 bridgehead atoms. The van der Waals surface area contributed by atoms with Crippen LogP contribution in [0.25, 0.3) is 0 Å². The maximum Gasteiger partial charge on any atom is 0.410 e. The summed E-state index contributed by atoms with van der Waals surface area (Å²) in [5.41, 5.74) is 0.335. The molecule has 0 saturated carbocycles. The van der Waals surface area contributed by atoms with E-state index in [1.807, 2.05) is 32.9 Å². The first-order valence-corrected chi connectivity index (χ1v) is 9.76. The van der Waals surface area contributed by atoms with E-state index < -0.39 is 5.60 Å². The van der Waals surface area contributed by atoms with Crippen LogP contribution in [-0.4, -0.2) is 61.3 Å². The van der Waals surface area contributed by atoms with Gasteiger partial charge < -0.3 is 19.3 Å². The zero-order chi connectivity index (χ0) is 20.8. The number of amides is 2. The van der Waals surface area contributed by atoms with Gasteiger partial charge in [-0.15, -0.1) is 0 Å². The minimum Gasteiger partial charge on any atom is -0.444 e. The summed E-state index contributed by atoms with van der Waals surface area (Å²) in [7, 11) is 3.25. The first-order valence-electron chi connectivity index (χ1n) is 8.59. The van der Waals surface area contributed by atoms with Crippen molar-refractivity contribution in [1.82, 2.24) is 9.80 Å². The predicted molar refractivity (Wildman–Crippen MR) is 110 cm³/mol. The fraction of sp³-hybridized carbons (Fsp3) is 0.579. The Kier molecular flexibility index (Phi) is 9.05. The van der Waals surface area contributed by atoms with Gasteiger partial charge in [0, 0.05) is 50.3 Å². The molecule has 27 heavy (non-hydrogen) atoms. The van der Waals surface area contributed by atoms with E-state index in [9.17, 15) is 9.59 Å². The van der Waals surface area contributed by atoms with E-state index >= 15 is 0 Å². The zero-order valence-corrected chi connectivity index (χ0v) is 19.1. The van der Waals surface area contributed by atoms with Crippen molar-refractivity contribution in [2.45, 2.75) is 39.3 Å². The molecule has 1 atom stereocenters. The number of rotatable bonds is 1. The summed E-state index contributed by atoms with van der Waals surface area (Å²) in [4.78, 5) is 27.8. The van der Waals surface area contributed by atoms with E-state index in [1.54, 1.807) is 30.1 Å². The molecule has 1 aromatic carbocycles. The molecule has 2 amide bonds. The van der Waals surface area contributed by atoms with E-state index in [0.717, 1.165) is 10.0 Å². The molecule has 0 radical (unpaired) electrons. The Morgan fingerprint density at radius 2 is 1.78 bits per heavy atom. The molecule has 152 valence electrons. The molecule has 1 heterocycles. The van der Waals surface area contributed by atoms with Crippen LogP contribution in [0.15, 0.2) is 22.7 Å². The first kappa shape index (κ1) is 23.7. The van der Waals surface area contributed by atoms with Crippen molar-refractivity contribution in [2.75, 3.05) is 33.9 Å². The second-order valence-electron chi connectivity index (χ2n) is 7.27. The van der Waals surface area contributed by atoms with Crippen LogP contribution in [0.4, 0.5) is 4.79 Å². The third-order valence-corrected chi connectivity index (χ3v) is 4.38. The van der Waals surface area contributed by atoms with Gasteiger partial charge in [-0.1, -0.05) is 27.5 Å². The molecule has 1 saturated heterocycles. The van der Waals surface area contributed by atoms with Crippen LogP contribution in [0.2, 0.25) is 5.02 Å². The number of nitrogens with zero attached hydrogens (tertiary/aromatic N) is 2. The minimum atomic E-state index is -0.552. The van der Waals surface area contributed by atoms with Crippen LogP contribution in [0.1, 0.15) is 39.3 Å². The van der Waals surface area contributed by atoms with Crippen LogP contribution >= 0.6 is 27.5 Å². The highest BCUT2D eigenvalue weighted by atomic mass is 79.9. The summed E-state index contributed by atoms with van der Waals surface area (Å²) >= 11 is 9.57. The van der Waals surface area contributed by atoms with Crippen LogP contribution in [0.5, 0.6) is 0 Å². The molecule has 8 heteroatoms. The van der Waals surface area contributed by atoms with Gasteiger partial charge in [-0.05, 0) is 44.5 Å². The second-order valence-corrected chi connectivity index (χ2v) is 8.62. The summed E-state index contributed by atoms with van der Waals surface area (Å²) in [6.45, 7) is 8.33. The molecule has 1 aliphatic rings. The Bertz CT molecular complexity index is 643. The van der Waals surface area contributed by atoms with Crippen molar-refractivity contribution in [3.63, 3.8) is 0 Å². The Labute approximate surface area is 174 Å². The van der Waals surface area contributed by atoms with Gasteiger partial charge in [0.1, 0.15) is 5.60 Å². The molecule has 0 spiro atoms. The number of carbonyl (C=O) groups excluding carboxylic acids is 2. The highest BCUT2D eigenvalue weighted by molar-refractivity contribution is 9.10. The smallest absolute Gasteiger partial charge is 0.410 e. The Balaban J connectivity index is 0.00000114. The summed E-state index contributed by atoms with van der Waals surface area (Å²) in [6.07, 6.45) is -0.364. The van der Waals surface area contributed by atoms with Crippen LogP contribution < -0.4 is 0 Å². The molecular formula is C19H28BrClN2O4. The molecule has 1 aromatic rings. The standard InChI is InChI=1S/C17H22BrClN2O3.C2H6O/c1-11(22)21-6-5-20(16(23)24-17(2,3)4)10-15(21)12-7-13(18)9-14(19)8-12;1-3-2/h7-9,15H,5-6,10H2,1-4H3;1-2H3. The summed E-state index contributed by atoms with van der Waals surface area (Å²) in [5, 5.41) is 0.581. The molecule has 1 fully saturated rings. The fourth-order valence-corrected chi connectivity index (χ4v) is 3.59. The fourth-order valence-electron chi connectivity index (χ4n) is 2.70. The van der Waals surface area contributed by atoms with E-state index in [-0.39, 0.29) is 18.0 Å². The molecule has 6 nitrogen and oxygen atoms in total. The Hall–Kier alpha value is -1.31. The second kappa shape index (κ2) is 10.3. The van der Waals surface area contributed by atoms with Crippen molar-refractivity contribution >= 4 is 39.5 Å². The quantitative estimate of drug-likeness (QED) is 0.615. The molecule has 1 aliphatic heterocycles. The number of methoxy groups -OCH3 is 1. The lowest BCUT2D eigenvalue weighted by Crippen LogP contribution is -2.52. The van der Waals surface area contributed by atoms with Crippen LogP contribution in [-0.2, 0) is 14.3 Å². The lowest BCUT2D eigenvalue weighted by atomic mass is 10.0. The monoisotopic (exact) mass is 462 g/mol. The molecule has 1 unspecified atom stereocenters. The van der Waals surface area contributed by atoms with Crippen LogP contribution in [0, 0.1) is 0 Å². The van der Waals surface area contributed by atoms with Gasteiger partial charge in [0.2, 0.25) is 5.91 Å². The Morgan fingerprint density at radius 1 is 1.19 bits per heavy atom. The normalized spacial score (nSPS) is 17.1. The maximum absolute atomic E-state index is 12.4. The summed E-state index contributed by atoms with van der Waals surface area (Å²) in [5.74, 6) is -0.0278. The summed E-state index contributed by atoms with van der Waals surface area (Å²) < 4.78 is 10.5. The maximum atomic E-state index is 12.4. The van der Waals surface area contributed by atoms with Crippen molar-refractivity contribution in [2.24, 2.45) is 0 Å². The van der Waals surface area contributed by atoms with Crippen molar-refractivity contribution in [3.05, 3.63) is 33.3 Å². The molecule has 2 rings (SSSR count). The van der Waals surface area contributed by atoms with Gasteiger partial charge >= 0.3 is 6.09 Å². The van der Waals surface area contributed by atoms with Crippen molar-refractivity contribution < 1.29 is 19.1 Å². The number of piperazine rings is 1. The largest absolute Gasteiger partial charge is 0.444 e. The first-order chi connectivity index (χ1) is 12.5. The molecule has 0 aromatic heterocycles. The number of hydrogen-bond donors (Lipinski definition) is 0. The Morgan fingerprint density at radius 3 is 2.26 bits per heavy atom. The van der Waals surface area contributed by atoms with Crippen molar-refractivity contribution in [3.8, 4) is 0 Å². The SMILES string of the molecule is CC(=O)N1CCN(C(=O)OC(C)(C)C)CC1c1cc(Cl)cc(Br)c1.COC. The summed E-state index contributed by atoms with van der Waals surface area (Å²) in [6, 6.07) is 5.28. The average molecular weight is 464 g/mol. The number of halogens is 2. The van der Waals surface area contributed by atoms with Gasteiger partial charge in [-0.3, -0.25) is 4.79 Å². The van der Waals surface area contributed by atoms with E-state index in [1.165, 1.54) is 6.92 Å². The zero-order valence-electron chi connectivity index (χ0n) is 16.7. The topological polar surface area (TPSA) is 59.1 Å². The highest BCUT2D eigenvalue weighted by Crippen LogP contribution is 2.30. The van der Waals surface area contributed by atoms with Gasteiger partial charge in [0.05, 0.1) is 6.04 Å². The van der Waals surface area contributed by atoms with Crippen molar-refractivity contribution in [1.29, 1.82) is 0 Å². The number of ether oxygens (including phenoxy) is 2. The third kappa shape index (κ3) is 7.68. The molecule has 0 aliphatic carbocycles. The van der Waals surface area contributed by atoms with E-state index in [4.69, 9.17) is 16.3 Å². The lowest BCUT2D eigenvalue weighted by molar-refractivity contribution is -0.134. The highest BCUT2D eigenvalue weighted by Gasteiger charge is 2.34. The lowest BCUT2D eigenvalue weighted by Gasteiger charge is -2.41. The van der Waals surface area contributed by atoms with Gasteiger partial charge in [-0.25, -0.2) is 4.79 Å². The van der Waals surface area contributed by atoms with Crippen LogP contribution in [0.3, 0.4) is 0 Å². The third-order valence-electron chi connectivity index (χ3n) is 3.71. The molecular weight excluding hydrogens is 436 g/mol. The molecule has 0 N–H and O–H groups in total. The number of carbonyl (C=O) groups is 2. The average Bonchev–Trinajstić information content (AvgIpc) is 2.52. The number of hydrogen-bond acceptors (Lipinski definition) is 4. The van der Waals surface area contributed by atoms with Gasteiger partial charge in [0.15, 0.2) is 0 Å². The predicted octanol–water partition coefficient (Wildman–Crippen LogP) is 4.51. The van der Waals surface area contributed by atoms with E-state index in [0.29, 0.717) is 24.7 Å². The minimum absolute atomic E-state index is 0.0278. The number of benzene rings is 1. The van der Waals surface area contributed by atoms with Gasteiger partial charge in [0.25, 0.3) is 0 Å². The van der Waals surface area contributed by atoms with E-state index in [2.05, 4.69) is 20.7 Å².